The van der Waals surface area contributed by atoms with Crippen LogP contribution in [0.5, 0.6) is 17.2 Å². The van der Waals surface area contributed by atoms with Crippen molar-refractivity contribution >= 4 is 17.5 Å². The van der Waals surface area contributed by atoms with Gasteiger partial charge < -0.3 is 19.1 Å². The predicted octanol–water partition coefficient (Wildman–Crippen LogP) is 3.64. The fraction of sp³-hybridized carbons (Fsp3) is 0.278. The number of carbonyl (C=O) groups is 1. The van der Waals surface area contributed by atoms with Crippen LogP contribution in [0.25, 0.3) is 0 Å². The molecule has 0 bridgehead atoms. The van der Waals surface area contributed by atoms with E-state index in [0.717, 1.165) is 5.56 Å². The van der Waals surface area contributed by atoms with Crippen molar-refractivity contribution in [2.24, 2.45) is 0 Å². The highest BCUT2D eigenvalue weighted by atomic mass is 35.5. The van der Waals surface area contributed by atoms with Gasteiger partial charge in [-0.3, -0.25) is 4.79 Å². The molecule has 1 amide bonds. The van der Waals surface area contributed by atoms with E-state index < -0.39 is 0 Å². The van der Waals surface area contributed by atoms with Crippen molar-refractivity contribution in [1.29, 1.82) is 0 Å². The number of hydrogen-bond acceptors (Lipinski definition) is 4. The summed E-state index contributed by atoms with van der Waals surface area (Å²) >= 11 is 6.05. The van der Waals surface area contributed by atoms with Crippen molar-refractivity contribution in [3.8, 4) is 17.2 Å². The van der Waals surface area contributed by atoms with Crippen LogP contribution in [0.4, 0.5) is 0 Å². The van der Waals surface area contributed by atoms with Gasteiger partial charge in [-0.25, -0.2) is 0 Å². The van der Waals surface area contributed by atoms with Crippen LogP contribution in [-0.2, 0) is 6.54 Å². The Morgan fingerprint density at radius 2 is 1.67 bits per heavy atom. The molecule has 0 unspecified atom stereocenters. The van der Waals surface area contributed by atoms with E-state index in [1.165, 1.54) is 7.11 Å². The minimum absolute atomic E-state index is 0.187. The third-order valence-corrected chi connectivity index (χ3v) is 3.87. The Labute approximate surface area is 146 Å². The topological polar surface area (TPSA) is 48.0 Å². The monoisotopic (exact) mass is 349 g/mol. The maximum atomic E-state index is 12.8. The Morgan fingerprint density at radius 1 is 1.00 bits per heavy atom. The van der Waals surface area contributed by atoms with Crippen molar-refractivity contribution in [2.75, 3.05) is 28.4 Å². The van der Waals surface area contributed by atoms with Crippen LogP contribution in [-0.4, -0.2) is 39.2 Å². The summed E-state index contributed by atoms with van der Waals surface area (Å²) in [5.74, 6) is 1.57. The predicted molar refractivity (Wildman–Crippen MR) is 93.3 cm³/mol. The third kappa shape index (κ3) is 3.92. The largest absolute Gasteiger partial charge is 0.497 e. The number of benzene rings is 2. The first-order valence-electron chi connectivity index (χ1n) is 7.30. The molecule has 0 N–H and O–H groups in total. The molecule has 2 aromatic rings. The van der Waals surface area contributed by atoms with Crippen LogP contribution in [0.1, 0.15) is 15.9 Å². The Morgan fingerprint density at radius 3 is 2.29 bits per heavy atom. The number of nitrogens with zero attached hydrogens (tertiary/aromatic N) is 1. The number of amides is 1. The summed E-state index contributed by atoms with van der Waals surface area (Å²) in [6.45, 7) is 0.350. The van der Waals surface area contributed by atoms with Gasteiger partial charge in [0.25, 0.3) is 5.91 Å². The molecule has 0 radical (unpaired) electrons. The van der Waals surface area contributed by atoms with E-state index in [-0.39, 0.29) is 5.91 Å². The van der Waals surface area contributed by atoms with Gasteiger partial charge in [-0.1, -0.05) is 11.6 Å². The molecule has 0 atom stereocenters. The second kappa shape index (κ2) is 7.93. The lowest BCUT2D eigenvalue weighted by Crippen LogP contribution is -2.27. The van der Waals surface area contributed by atoms with Gasteiger partial charge in [-0.05, 0) is 36.4 Å². The van der Waals surface area contributed by atoms with E-state index >= 15 is 0 Å². The number of methoxy groups -OCH3 is 3. The molecular weight excluding hydrogens is 330 g/mol. The maximum Gasteiger partial charge on any atom is 0.257 e. The van der Waals surface area contributed by atoms with Crippen LogP contribution >= 0.6 is 11.6 Å². The molecule has 5 nitrogen and oxygen atoms in total. The summed E-state index contributed by atoms with van der Waals surface area (Å²) in [4.78, 5) is 14.4. The zero-order valence-corrected chi connectivity index (χ0v) is 14.9. The fourth-order valence-corrected chi connectivity index (χ4v) is 2.58. The molecule has 0 spiro atoms. The van der Waals surface area contributed by atoms with Gasteiger partial charge in [-0.15, -0.1) is 0 Å². The summed E-state index contributed by atoms with van der Waals surface area (Å²) < 4.78 is 15.8. The fourth-order valence-electron chi connectivity index (χ4n) is 2.38. The number of carbonyl (C=O) groups excluding carboxylic acids is 1. The van der Waals surface area contributed by atoms with Crippen molar-refractivity contribution in [2.45, 2.75) is 6.54 Å². The number of hydrogen-bond donors (Lipinski definition) is 0. The Hall–Kier alpha value is -2.40. The highest BCUT2D eigenvalue weighted by Crippen LogP contribution is 2.27. The SMILES string of the molecule is COc1ccc(OC)c(C(=O)N(C)Cc2cc(Cl)ccc2OC)c1. The maximum absolute atomic E-state index is 12.8. The Bertz CT molecular complexity index is 733. The molecule has 0 aliphatic heterocycles. The zero-order chi connectivity index (χ0) is 17.7. The minimum Gasteiger partial charge on any atom is -0.497 e. The van der Waals surface area contributed by atoms with Gasteiger partial charge in [-0.2, -0.15) is 0 Å². The molecule has 0 aliphatic rings. The summed E-state index contributed by atoms with van der Waals surface area (Å²) in [7, 11) is 6.37. The molecule has 0 aliphatic carbocycles. The third-order valence-electron chi connectivity index (χ3n) is 3.63. The van der Waals surface area contributed by atoms with Gasteiger partial charge in [0.05, 0.1) is 26.9 Å². The summed E-state index contributed by atoms with van der Waals surface area (Å²) in [6, 6.07) is 10.4. The lowest BCUT2D eigenvalue weighted by Gasteiger charge is -2.20. The zero-order valence-electron chi connectivity index (χ0n) is 14.1. The normalized spacial score (nSPS) is 10.2. The van der Waals surface area contributed by atoms with Crippen LogP contribution in [0, 0.1) is 0 Å². The van der Waals surface area contributed by atoms with E-state index in [1.807, 2.05) is 0 Å². The molecule has 2 aromatic carbocycles. The summed E-state index contributed by atoms with van der Waals surface area (Å²) in [5, 5.41) is 0.589. The van der Waals surface area contributed by atoms with Crippen LogP contribution in [0.3, 0.4) is 0 Å². The minimum atomic E-state index is -0.187. The first-order chi connectivity index (χ1) is 11.5. The first-order valence-corrected chi connectivity index (χ1v) is 7.67. The molecule has 0 saturated heterocycles. The van der Waals surface area contributed by atoms with Gasteiger partial charge in [0, 0.05) is 24.2 Å². The molecule has 24 heavy (non-hydrogen) atoms. The Kier molecular flexibility index (Phi) is 5.93. The number of ether oxygens (including phenoxy) is 3. The number of halogens is 1. The molecule has 128 valence electrons. The van der Waals surface area contributed by atoms with Gasteiger partial charge in [0.1, 0.15) is 17.2 Å². The Balaban J connectivity index is 2.29. The van der Waals surface area contributed by atoms with Crippen molar-refractivity contribution in [3.05, 3.63) is 52.5 Å². The molecular formula is C18H20ClNO4. The van der Waals surface area contributed by atoms with Crippen molar-refractivity contribution in [1.82, 2.24) is 4.90 Å². The highest BCUT2D eigenvalue weighted by molar-refractivity contribution is 6.30. The van der Waals surface area contributed by atoms with E-state index in [1.54, 1.807) is 62.6 Å². The van der Waals surface area contributed by atoms with Gasteiger partial charge in [0.2, 0.25) is 0 Å². The molecule has 0 heterocycles. The van der Waals surface area contributed by atoms with Crippen molar-refractivity contribution < 1.29 is 19.0 Å². The molecule has 0 aromatic heterocycles. The lowest BCUT2D eigenvalue weighted by atomic mass is 10.1. The highest BCUT2D eigenvalue weighted by Gasteiger charge is 2.19. The van der Waals surface area contributed by atoms with Gasteiger partial charge >= 0.3 is 0 Å². The van der Waals surface area contributed by atoms with E-state index in [4.69, 9.17) is 25.8 Å². The van der Waals surface area contributed by atoms with E-state index in [0.29, 0.717) is 34.4 Å². The number of rotatable bonds is 6. The van der Waals surface area contributed by atoms with Gasteiger partial charge in [0.15, 0.2) is 0 Å². The quantitative estimate of drug-likeness (QED) is 0.799. The second-order valence-corrected chi connectivity index (χ2v) is 5.62. The van der Waals surface area contributed by atoms with Crippen LogP contribution in [0.15, 0.2) is 36.4 Å². The van der Waals surface area contributed by atoms with Crippen LogP contribution < -0.4 is 14.2 Å². The smallest absolute Gasteiger partial charge is 0.257 e. The molecule has 6 heteroatoms. The average molecular weight is 350 g/mol. The summed E-state index contributed by atoms with van der Waals surface area (Å²) in [6.07, 6.45) is 0. The van der Waals surface area contributed by atoms with E-state index in [9.17, 15) is 4.79 Å². The van der Waals surface area contributed by atoms with E-state index in [2.05, 4.69) is 0 Å². The molecule has 2 rings (SSSR count). The van der Waals surface area contributed by atoms with Crippen LogP contribution in [0.2, 0.25) is 5.02 Å². The lowest BCUT2D eigenvalue weighted by molar-refractivity contribution is 0.0780. The second-order valence-electron chi connectivity index (χ2n) is 5.18. The summed E-state index contributed by atoms with van der Waals surface area (Å²) in [5.41, 5.74) is 1.25. The average Bonchev–Trinajstić information content (AvgIpc) is 2.60. The molecule has 0 saturated carbocycles. The standard InChI is InChI=1S/C18H20ClNO4/c1-20(11-12-9-13(19)5-7-16(12)23-3)18(21)15-10-14(22-2)6-8-17(15)24-4/h5-10H,11H2,1-4H3. The molecule has 0 fully saturated rings. The first kappa shape index (κ1) is 17.9. The van der Waals surface area contributed by atoms with Crippen molar-refractivity contribution in [3.63, 3.8) is 0 Å².